The van der Waals surface area contributed by atoms with Crippen LogP contribution in [0.1, 0.15) is 206 Å². The lowest BCUT2D eigenvalue weighted by molar-refractivity contribution is -0.214. The third-order valence-electron chi connectivity index (χ3n) is 12.0. The normalized spacial score (nSPS) is 22.1. The second-order valence-electron chi connectivity index (χ2n) is 16.6. The Kier molecular flexibility index (Phi) is 23.7. The molecule has 0 aromatic heterocycles. The minimum Gasteiger partial charge on any atom is -0.343 e. The van der Waals surface area contributed by atoms with Gasteiger partial charge in [-0.25, -0.2) is 0 Å². The van der Waals surface area contributed by atoms with Gasteiger partial charge in [-0.2, -0.15) is 0 Å². The first-order valence-corrected chi connectivity index (χ1v) is 22.2. The van der Waals surface area contributed by atoms with Crippen molar-refractivity contribution in [1.29, 1.82) is 0 Å². The number of rotatable bonds is 30. The molecule has 1 spiro atoms. The minimum atomic E-state index is -0.265. The van der Waals surface area contributed by atoms with Crippen LogP contribution in [0.15, 0.2) is 48.6 Å². The van der Waals surface area contributed by atoms with E-state index in [0.29, 0.717) is 17.6 Å². The first-order chi connectivity index (χ1) is 24.6. The molecule has 2 aliphatic heterocycles. The van der Waals surface area contributed by atoms with Crippen molar-refractivity contribution >= 4 is 0 Å². The molecule has 3 nitrogen and oxygen atoms in total. The highest BCUT2D eigenvalue weighted by molar-refractivity contribution is 4.98. The second kappa shape index (κ2) is 27.4. The van der Waals surface area contributed by atoms with Gasteiger partial charge in [0.2, 0.25) is 0 Å². The summed E-state index contributed by atoms with van der Waals surface area (Å²) < 4.78 is 13.3. The molecule has 1 saturated carbocycles. The minimum absolute atomic E-state index is 0.265. The van der Waals surface area contributed by atoms with Crippen LogP contribution in [0.4, 0.5) is 0 Å². The molecule has 288 valence electrons. The topological polar surface area (TPSA) is 21.7 Å². The average molecular weight is 694 g/mol. The van der Waals surface area contributed by atoms with Crippen LogP contribution >= 0.6 is 0 Å². The molecule has 0 unspecified atom stereocenters. The summed E-state index contributed by atoms with van der Waals surface area (Å²) >= 11 is 0. The molecule has 1 aliphatic carbocycles. The Morgan fingerprint density at radius 2 is 0.820 bits per heavy atom. The van der Waals surface area contributed by atoms with Gasteiger partial charge < -0.3 is 14.4 Å². The third-order valence-corrected chi connectivity index (χ3v) is 12.0. The molecule has 0 amide bonds. The molecule has 2 saturated heterocycles. The van der Waals surface area contributed by atoms with E-state index >= 15 is 0 Å². The summed E-state index contributed by atoms with van der Waals surface area (Å²) in [6.07, 6.45) is 59.4. The van der Waals surface area contributed by atoms with Gasteiger partial charge in [-0.05, 0) is 102 Å². The zero-order valence-electron chi connectivity index (χ0n) is 33.7. The summed E-state index contributed by atoms with van der Waals surface area (Å²) in [6.45, 7) is 6.63. The van der Waals surface area contributed by atoms with Crippen molar-refractivity contribution in [3.05, 3.63) is 48.6 Å². The van der Waals surface area contributed by atoms with Crippen molar-refractivity contribution in [2.75, 3.05) is 20.1 Å². The van der Waals surface area contributed by atoms with Gasteiger partial charge in [-0.3, -0.25) is 0 Å². The summed E-state index contributed by atoms with van der Waals surface area (Å²) in [4.78, 5) is 2.37. The van der Waals surface area contributed by atoms with Crippen molar-refractivity contribution in [3.8, 4) is 0 Å². The van der Waals surface area contributed by atoms with Crippen LogP contribution < -0.4 is 0 Å². The lowest BCUT2D eigenvalue weighted by Gasteiger charge is -2.45. The van der Waals surface area contributed by atoms with Crippen LogP contribution in [0.25, 0.3) is 0 Å². The Hall–Kier alpha value is -1.16. The van der Waals surface area contributed by atoms with Gasteiger partial charge in [-0.15, -0.1) is 0 Å². The van der Waals surface area contributed by atoms with Gasteiger partial charge in [0.1, 0.15) is 12.2 Å². The quantitative estimate of drug-likeness (QED) is 0.0552. The monoisotopic (exact) mass is 694 g/mol. The number of unbranched alkanes of at least 4 members (excludes halogenated alkanes) is 18. The zero-order chi connectivity index (χ0) is 35.4. The molecule has 3 fully saturated rings. The van der Waals surface area contributed by atoms with Crippen LogP contribution in [-0.4, -0.2) is 43.0 Å². The highest BCUT2D eigenvalue weighted by Gasteiger charge is 2.53. The van der Waals surface area contributed by atoms with Crippen LogP contribution in [0.2, 0.25) is 0 Å². The van der Waals surface area contributed by atoms with Crippen LogP contribution in [0, 0.1) is 5.41 Å². The van der Waals surface area contributed by atoms with Gasteiger partial charge in [0.05, 0.1) is 0 Å². The predicted molar refractivity (Wildman–Crippen MR) is 219 cm³/mol. The number of likely N-dealkylation sites (tertiary alicyclic amines) is 1. The fourth-order valence-electron chi connectivity index (χ4n) is 8.73. The molecule has 2 atom stereocenters. The second-order valence-corrected chi connectivity index (χ2v) is 16.6. The standard InChI is InChI=1S/C47H83NO2/c1-4-6-8-10-12-14-16-18-20-22-24-26-28-30-32-34-36-46(38-40-47(41-39-46)49-44-42-48(3)43-45(44)50-47)37-35-33-31-29-27-25-23-21-19-17-15-13-11-9-7-5-2/h12-15,18-21,44-45H,4-11,16-17,22-43H2,1-3H3/b14-12-,15-13-,20-18-,21-19-/t44-,45-/m1/s1. The Balaban J connectivity index is 1.26. The van der Waals surface area contributed by atoms with Gasteiger partial charge in [0, 0.05) is 25.9 Å². The number of ether oxygens (including phenoxy) is 2. The number of likely N-dealkylation sites (N-methyl/N-ethyl adjacent to an activating group) is 1. The van der Waals surface area contributed by atoms with E-state index in [1.165, 1.54) is 167 Å². The van der Waals surface area contributed by atoms with E-state index in [2.05, 4.69) is 74.4 Å². The average Bonchev–Trinajstić information content (AvgIpc) is 3.62. The van der Waals surface area contributed by atoms with Crippen LogP contribution in [0.5, 0.6) is 0 Å². The van der Waals surface area contributed by atoms with Crippen molar-refractivity contribution < 1.29 is 9.47 Å². The lowest BCUT2D eigenvalue weighted by Crippen LogP contribution is -2.42. The smallest absolute Gasteiger partial charge is 0.169 e. The van der Waals surface area contributed by atoms with E-state index in [9.17, 15) is 0 Å². The summed E-state index contributed by atoms with van der Waals surface area (Å²) in [7, 11) is 2.20. The largest absolute Gasteiger partial charge is 0.343 e. The highest BCUT2D eigenvalue weighted by atomic mass is 16.8. The first kappa shape index (κ1) is 43.2. The van der Waals surface area contributed by atoms with E-state index in [4.69, 9.17) is 9.47 Å². The maximum absolute atomic E-state index is 6.67. The van der Waals surface area contributed by atoms with Crippen LogP contribution in [0.3, 0.4) is 0 Å². The van der Waals surface area contributed by atoms with Gasteiger partial charge in [0.15, 0.2) is 5.79 Å². The predicted octanol–water partition coefficient (Wildman–Crippen LogP) is 14.4. The highest BCUT2D eigenvalue weighted by Crippen LogP contribution is 2.52. The fourth-order valence-corrected chi connectivity index (χ4v) is 8.73. The van der Waals surface area contributed by atoms with E-state index in [1.54, 1.807) is 0 Å². The molecule has 3 aliphatic rings. The SMILES string of the molecule is CCCCC/C=C\C/C=C\CCCCCCCCC1(CCCCCCCC/C=C\C/C=C\CCCCC)CCC2(CC1)O[C@@H]1CN(C)C[C@H]1O2. The lowest BCUT2D eigenvalue weighted by atomic mass is 9.66. The Morgan fingerprint density at radius 1 is 0.460 bits per heavy atom. The summed E-state index contributed by atoms with van der Waals surface area (Å²) in [6, 6.07) is 0. The molecule has 0 aromatic rings. The maximum atomic E-state index is 6.67. The summed E-state index contributed by atoms with van der Waals surface area (Å²) in [5.74, 6) is -0.265. The first-order valence-electron chi connectivity index (χ1n) is 22.2. The number of nitrogens with zero attached hydrogens (tertiary/aromatic N) is 1. The van der Waals surface area contributed by atoms with Crippen LogP contribution in [-0.2, 0) is 9.47 Å². The van der Waals surface area contributed by atoms with E-state index in [1.807, 2.05) is 0 Å². The maximum Gasteiger partial charge on any atom is 0.169 e. The number of hydrogen-bond donors (Lipinski definition) is 0. The van der Waals surface area contributed by atoms with Crippen molar-refractivity contribution in [2.24, 2.45) is 5.41 Å². The van der Waals surface area contributed by atoms with Gasteiger partial charge in [0.25, 0.3) is 0 Å². The molecule has 0 N–H and O–H groups in total. The zero-order valence-corrected chi connectivity index (χ0v) is 33.7. The molecule has 2 heterocycles. The molecule has 0 radical (unpaired) electrons. The fraction of sp³-hybridized carbons (Fsp3) is 0.830. The van der Waals surface area contributed by atoms with Gasteiger partial charge in [-0.1, -0.05) is 152 Å². The Bertz CT molecular complexity index is 859. The molecular formula is C47H83NO2. The molecule has 0 bridgehead atoms. The number of allylic oxidation sites excluding steroid dienone is 8. The van der Waals surface area contributed by atoms with E-state index in [-0.39, 0.29) is 5.79 Å². The van der Waals surface area contributed by atoms with E-state index in [0.717, 1.165) is 38.8 Å². The third kappa shape index (κ3) is 18.6. The Morgan fingerprint density at radius 3 is 1.22 bits per heavy atom. The van der Waals surface area contributed by atoms with Crippen molar-refractivity contribution in [3.63, 3.8) is 0 Å². The van der Waals surface area contributed by atoms with Crippen molar-refractivity contribution in [1.82, 2.24) is 4.90 Å². The van der Waals surface area contributed by atoms with E-state index < -0.39 is 0 Å². The summed E-state index contributed by atoms with van der Waals surface area (Å²) in [5.41, 5.74) is 0.525. The molecule has 0 aromatic carbocycles. The summed E-state index contributed by atoms with van der Waals surface area (Å²) in [5, 5.41) is 0. The number of fused-ring (bicyclic) bond motifs is 1. The molecule has 3 rings (SSSR count). The molecule has 50 heavy (non-hydrogen) atoms. The van der Waals surface area contributed by atoms with Gasteiger partial charge >= 0.3 is 0 Å². The molecular weight excluding hydrogens is 611 g/mol. The molecule has 3 heteroatoms. The van der Waals surface area contributed by atoms with Crippen molar-refractivity contribution in [2.45, 2.75) is 224 Å². The Labute approximate surface area is 312 Å². The number of hydrogen-bond acceptors (Lipinski definition) is 3.